The fraction of sp³-hybridized carbons (Fsp3) is 0.400. The predicted octanol–water partition coefficient (Wildman–Crippen LogP) is 3.77. The Hall–Kier alpha value is -1.95. The minimum Gasteiger partial charge on any atom is -0.362 e. The predicted molar refractivity (Wildman–Crippen MR) is 88.5 cm³/mol. The fourth-order valence-electron chi connectivity index (χ4n) is 2.37. The van der Waals surface area contributed by atoms with Crippen molar-refractivity contribution in [3.63, 3.8) is 0 Å². The number of rotatable bonds is 5. The molecule has 0 saturated heterocycles. The van der Waals surface area contributed by atoms with Crippen molar-refractivity contribution < 1.29 is 4.92 Å². The first kappa shape index (κ1) is 15.4. The van der Waals surface area contributed by atoms with E-state index in [0.717, 1.165) is 13.0 Å². The summed E-state index contributed by atoms with van der Waals surface area (Å²) >= 11 is 5.18. The minimum absolute atomic E-state index is 0.0247. The summed E-state index contributed by atoms with van der Waals surface area (Å²) in [7, 11) is 0. The SMILES string of the molecule is O=[N+]([O-])c1ccccc1NC(=S)NCCC1=CCCCC1. The average molecular weight is 305 g/mol. The molecule has 0 aromatic heterocycles. The second-order valence-corrected chi connectivity index (χ2v) is 5.42. The molecular weight excluding hydrogens is 286 g/mol. The number of benzene rings is 1. The summed E-state index contributed by atoms with van der Waals surface area (Å²) in [6.45, 7) is 0.748. The van der Waals surface area contributed by atoms with Gasteiger partial charge in [-0.05, 0) is 50.4 Å². The fourth-order valence-corrected chi connectivity index (χ4v) is 2.59. The molecule has 2 N–H and O–H groups in total. The molecular formula is C15H19N3O2S. The van der Waals surface area contributed by atoms with Gasteiger partial charge >= 0.3 is 0 Å². The second kappa shape index (κ2) is 7.73. The maximum absolute atomic E-state index is 10.9. The summed E-state index contributed by atoms with van der Waals surface area (Å²) < 4.78 is 0. The van der Waals surface area contributed by atoms with Gasteiger partial charge in [0.15, 0.2) is 5.11 Å². The van der Waals surface area contributed by atoms with Crippen LogP contribution in [-0.4, -0.2) is 16.6 Å². The number of nitro benzene ring substituents is 1. The summed E-state index contributed by atoms with van der Waals surface area (Å²) in [6.07, 6.45) is 8.18. The number of para-hydroxylation sites is 2. The van der Waals surface area contributed by atoms with Gasteiger partial charge < -0.3 is 10.6 Å². The van der Waals surface area contributed by atoms with Crippen LogP contribution in [-0.2, 0) is 0 Å². The first-order valence-corrected chi connectivity index (χ1v) is 7.54. The maximum Gasteiger partial charge on any atom is 0.292 e. The summed E-state index contributed by atoms with van der Waals surface area (Å²) in [6, 6.07) is 6.48. The Kier molecular flexibility index (Phi) is 5.68. The van der Waals surface area contributed by atoms with Crippen LogP contribution in [0.5, 0.6) is 0 Å². The molecule has 112 valence electrons. The zero-order valence-electron chi connectivity index (χ0n) is 11.8. The van der Waals surface area contributed by atoms with E-state index in [-0.39, 0.29) is 5.69 Å². The maximum atomic E-state index is 10.9. The molecule has 0 amide bonds. The third-order valence-electron chi connectivity index (χ3n) is 3.47. The molecule has 0 bridgehead atoms. The van der Waals surface area contributed by atoms with Crippen molar-refractivity contribution in [1.29, 1.82) is 0 Å². The van der Waals surface area contributed by atoms with Gasteiger partial charge in [0.2, 0.25) is 0 Å². The van der Waals surface area contributed by atoms with Gasteiger partial charge in [-0.2, -0.15) is 0 Å². The van der Waals surface area contributed by atoms with Crippen LogP contribution in [0.15, 0.2) is 35.9 Å². The van der Waals surface area contributed by atoms with Gasteiger partial charge in [0, 0.05) is 12.6 Å². The smallest absolute Gasteiger partial charge is 0.292 e. The molecule has 0 heterocycles. The molecule has 21 heavy (non-hydrogen) atoms. The van der Waals surface area contributed by atoms with E-state index < -0.39 is 4.92 Å². The van der Waals surface area contributed by atoms with E-state index in [0.29, 0.717) is 10.8 Å². The number of thiocarbonyl (C=S) groups is 1. The first-order chi connectivity index (χ1) is 10.2. The zero-order valence-corrected chi connectivity index (χ0v) is 12.6. The highest BCUT2D eigenvalue weighted by Gasteiger charge is 2.13. The molecule has 0 spiro atoms. The van der Waals surface area contributed by atoms with Crippen molar-refractivity contribution in [3.8, 4) is 0 Å². The van der Waals surface area contributed by atoms with Gasteiger partial charge in [0.1, 0.15) is 5.69 Å². The van der Waals surface area contributed by atoms with E-state index in [1.165, 1.54) is 37.3 Å². The standard InChI is InChI=1S/C15H19N3O2S/c19-18(20)14-9-5-4-8-13(14)17-15(21)16-11-10-12-6-2-1-3-7-12/h4-6,8-9H,1-3,7,10-11H2,(H2,16,17,21). The van der Waals surface area contributed by atoms with E-state index in [1.54, 1.807) is 18.2 Å². The van der Waals surface area contributed by atoms with Crippen molar-refractivity contribution in [2.75, 3.05) is 11.9 Å². The van der Waals surface area contributed by atoms with Crippen molar-refractivity contribution in [3.05, 3.63) is 46.0 Å². The molecule has 1 aromatic carbocycles. The number of allylic oxidation sites excluding steroid dienone is 1. The van der Waals surface area contributed by atoms with E-state index in [9.17, 15) is 10.1 Å². The van der Waals surface area contributed by atoms with Crippen LogP contribution in [0.2, 0.25) is 0 Å². The van der Waals surface area contributed by atoms with Crippen LogP contribution in [0.4, 0.5) is 11.4 Å². The zero-order chi connectivity index (χ0) is 15.1. The van der Waals surface area contributed by atoms with Crippen LogP contribution in [0.25, 0.3) is 0 Å². The Morgan fingerprint density at radius 2 is 2.14 bits per heavy atom. The number of hydrogen-bond donors (Lipinski definition) is 2. The lowest BCUT2D eigenvalue weighted by Gasteiger charge is -2.14. The van der Waals surface area contributed by atoms with Gasteiger partial charge in [-0.3, -0.25) is 10.1 Å². The number of nitro groups is 1. The number of nitrogens with zero attached hydrogens (tertiary/aromatic N) is 1. The van der Waals surface area contributed by atoms with Gasteiger partial charge in [-0.1, -0.05) is 23.8 Å². The van der Waals surface area contributed by atoms with E-state index >= 15 is 0 Å². The lowest BCUT2D eigenvalue weighted by molar-refractivity contribution is -0.383. The van der Waals surface area contributed by atoms with Crippen LogP contribution in [0, 0.1) is 10.1 Å². The van der Waals surface area contributed by atoms with Crippen molar-refractivity contribution in [1.82, 2.24) is 5.32 Å². The van der Waals surface area contributed by atoms with Gasteiger partial charge in [-0.25, -0.2) is 0 Å². The van der Waals surface area contributed by atoms with Crippen LogP contribution < -0.4 is 10.6 Å². The molecule has 0 atom stereocenters. The van der Waals surface area contributed by atoms with Gasteiger partial charge in [0.25, 0.3) is 5.69 Å². The highest BCUT2D eigenvalue weighted by atomic mass is 32.1. The van der Waals surface area contributed by atoms with E-state index in [2.05, 4.69) is 16.7 Å². The molecule has 0 saturated carbocycles. The molecule has 1 aliphatic carbocycles. The molecule has 0 fully saturated rings. The van der Waals surface area contributed by atoms with Crippen LogP contribution in [0.1, 0.15) is 32.1 Å². The van der Waals surface area contributed by atoms with Crippen molar-refractivity contribution >= 4 is 28.7 Å². The number of nitrogens with one attached hydrogen (secondary N) is 2. The van der Waals surface area contributed by atoms with Gasteiger partial charge in [0.05, 0.1) is 4.92 Å². The third-order valence-corrected chi connectivity index (χ3v) is 3.71. The van der Waals surface area contributed by atoms with Crippen LogP contribution >= 0.6 is 12.2 Å². The number of hydrogen-bond acceptors (Lipinski definition) is 3. The summed E-state index contributed by atoms with van der Waals surface area (Å²) in [5, 5.41) is 17.3. The molecule has 0 aliphatic heterocycles. The molecule has 0 unspecified atom stereocenters. The average Bonchev–Trinajstić information content (AvgIpc) is 2.48. The van der Waals surface area contributed by atoms with E-state index in [1.807, 2.05) is 0 Å². The minimum atomic E-state index is -0.419. The lowest BCUT2D eigenvalue weighted by atomic mass is 9.97. The molecule has 1 aliphatic rings. The Balaban J connectivity index is 1.82. The number of anilines is 1. The molecule has 5 nitrogen and oxygen atoms in total. The van der Waals surface area contributed by atoms with E-state index in [4.69, 9.17) is 12.2 Å². The third kappa shape index (κ3) is 4.82. The monoisotopic (exact) mass is 305 g/mol. The molecule has 1 aromatic rings. The Morgan fingerprint density at radius 3 is 2.86 bits per heavy atom. The topological polar surface area (TPSA) is 67.2 Å². The summed E-state index contributed by atoms with van der Waals surface area (Å²) in [4.78, 5) is 10.5. The van der Waals surface area contributed by atoms with Crippen LogP contribution in [0.3, 0.4) is 0 Å². The summed E-state index contributed by atoms with van der Waals surface area (Å²) in [5.41, 5.74) is 1.91. The highest BCUT2D eigenvalue weighted by molar-refractivity contribution is 7.80. The first-order valence-electron chi connectivity index (χ1n) is 7.13. The Bertz CT molecular complexity index is 558. The van der Waals surface area contributed by atoms with Crippen molar-refractivity contribution in [2.45, 2.75) is 32.1 Å². The highest BCUT2D eigenvalue weighted by Crippen LogP contribution is 2.23. The quantitative estimate of drug-likeness (QED) is 0.375. The van der Waals surface area contributed by atoms with Gasteiger partial charge in [-0.15, -0.1) is 0 Å². The summed E-state index contributed by atoms with van der Waals surface area (Å²) in [5.74, 6) is 0. The molecule has 0 radical (unpaired) electrons. The lowest BCUT2D eigenvalue weighted by Crippen LogP contribution is -2.29. The normalized spacial score (nSPS) is 14.2. The molecule has 2 rings (SSSR count). The Labute approximate surface area is 129 Å². The Morgan fingerprint density at radius 1 is 1.33 bits per heavy atom. The van der Waals surface area contributed by atoms with Crippen molar-refractivity contribution in [2.24, 2.45) is 0 Å². The largest absolute Gasteiger partial charge is 0.362 e. The molecule has 6 heteroatoms. The second-order valence-electron chi connectivity index (χ2n) is 5.01.